The van der Waals surface area contributed by atoms with E-state index in [1.165, 1.54) is 41.3 Å². The van der Waals surface area contributed by atoms with E-state index in [1.807, 2.05) is 0 Å². The third-order valence-corrected chi connectivity index (χ3v) is 4.05. The summed E-state index contributed by atoms with van der Waals surface area (Å²) in [6.07, 6.45) is -4.48. The Kier molecular flexibility index (Phi) is 5.02. The topological polar surface area (TPSA) is 61.4 Å². The second kappa shape index (κ2) is 7.26. The van der Waals surface area contributed by atoms with Crippen LogP contribution in [0.2, 0.25) is 0 Å². The number of hydrogen-bond acceptors (Lipinski definition) is 2. The molecule has 1 aliphatic rings. The van der Waals surface area contributed by atoms with Gasteiger partial charge in [-0.3, -0.25) is 4.79 Å². The van der Waals surface area contributed by atoms with Gasteiger partial charge in [-0.1, -0.05) is 6.07 Å². The Morgan fingerprint density at radius 2 is 1.81 bits per heavy atom. The van der Waals surface area contributed by atoms with E-state index in [1.54, 1.807) is 0 Å². The molecule has 0 radical (unpaired) electrons. The molecule has 2 N–H and O–H groups in total. The Morgan fingerprint density at radius 1 is 1.11 bits per heavy atom. The Hall–Kier alpha value is -3.10. The molecule has 1 atom stereocenters. The van der Waals surface area contributed by atoms with Gasteiger partial charge in [0.15, 0.2) is 0 Å². The third kappa shape index (κ3) is 4.55. The van der Waals surface area contributed by atoms with Crippen molar-refractivity contribution in [2.24, 2.45) is 0 Å². The van der Waals surface area contributed by atoms with Crippen LogP contribution in [0.15, 0.2) is 48.5 Å². The molecule has 3 rings (SSSR count). The molecule has 0 aromatic heterocycles. The predicted octanol–water partition coefficient (Wildman–Crippen LogP) is 3.77. The molecular weight excluding hydrogens is 366 g/mol. The highest BCUT2D eigenvalue weighted by molar-refractivity contribution is 5.97. The number of amides is 3. The Labute approximate surface area is 152 Å². The lowest BCUT2D eigenvalue weighted by Gasteiger charge is -2.17. The normalized spacial score (nSPS) is 17.1. The van der Waals surface area contributed by atoms with Gasteiger partial charge in [0.25, 0.3) is 0 Å². The summed E-state index contributed by atoms with van der Waals surface area (Å²) in [4.78, 5) is 25.6. The first kappa shape index (κ1) is 18.7. The summed E-state index contributed by atoms with van der Waals surface area (Å²) in [7, 11) is 0. The van der Waals surface area contributed by atoms with Gasteiger partial charge in [0.05, 0.1) is 11.6 Å². The van der Waals surface area contributed by atoms with Crippen molar-refractivity contribution in [3.63, 3.8) is 0 Å². The lowest BCUT2D eigenvalue weighted by Crippen LogP contribution is -2.39. The number of carbonyl (C=O) groups is 2. The Morgan fingerprint density at radius 3 is 2.48 bits per heavy atom. The van der Waals surface area contributed by atoms with E-state index in [0.29, 0.717) is 5.69 Å². The molecule has 1 aliphatic heterocycles. The second-order valence-electron chi connectivity index (χ2n) is 6.06. The van der Waals surface area contributed by atoms with Crippen molar-refractivity contribution >= 4 is 23.3 Å². The summed E-state index contributed by atoms with van der Waals surface area (Å²) in [5, 5.41) is 4.89. The third-order valence-electron chi connectivity index (χ3n) is 4.05. The zero-order valence-electron chi connectivity index (χ0n) is 13.9. The quantitative estimate of drug-likeness (QED) is 0.795. The lowest BCUT2D eigenvalue weighted by atomic mass is 10.2. The van der Waals surface area contributed by atoms with Gasteiger partial charge in [-0.2, -0.15) is 13.2 Å². The van der Waals surface area contributed by atoms with Crippen molar-refractivity contribution in [1.82, 2.24) is 5.32 Å². The average Bonchev–Trinajstić information content (AvgIpc) is 2.95. The maximum Gasteiger partial charge on any atom is 0.416 e. The van der Waals surface area contributed by atoms with Gasteiger partial charge in [-0.05, 0) is 42.5 Å². The summed E-state index contributed by atoms with van der Waals surface area (Å²) in [5.41, 5.74) is -0.384. The van der Waals surface area contributed by atoms with Crippen LogP contribution in [-0.2, 0) is 11.0 Å². The summed E-state index contributed by atoms with van der Waals surface area (Å²) in [6, 6.07) is 8.38. The van der Waals surface area contributed by atoms with Crippen molar-refractivity contribution in [3.05, 3.63) is 59.9 Å². The Bertz CT molecular complexity index is 852. The van der Waals surface area contributed by atoms with Crippen LogP contribution in [0.1, 0.15) is 12.0 Å². The molecule has 1 saturated heterocycles. The fourth-order valence-electron chi connectivity index (χ4n) is 2.80. The minimum atomic E-state index is -4.51. The maximum atomic E-state index is 13.0. The second-order valence-corrected chi connectivity index (χ2v) is 6.06. The zero-order chi connectivity index (χ0) is 19.6. The fraction of sp³-hybridized carbons (Fsp3) is 0.222. The molecule has 3 amide bonds. The van der Waals surface area contributed by atoms with Gasteiger partial charge in [0, 0.05) is 24.3 Å². The number of nitrogens with one attached hydrogen (secondary N) is 2. The number of halogens is 4. The number of hydrogen-bond donors (Lipinski definition) is 2. The highest BCUT2D eigenvalue weighted by atomic mass is 19.4. The summed E-state index contributed by atoms with van der Waals surface area (Å²) < 4.78 is 51.1. The highest BCUT2D eigenvalue weighted by Gasteiger charge is 2.32. The number of urea groups is 1. The first-order chi connectivity index (χ1) is 12.7. The lowest BCUT2D eigenvalue weighted by molar-refractivity contribution is -0.137. The van der Waals surface area contributed by atoms with Crippen LogP contribution in [0.4, 0.5) is 33.7 Å². The number of nitrogens with zero attached hydrogens (tertiary/aromatic N) is 1. The molecule has 9 heteroatoms. The van der Waals surface area contributed by atoms with Gasteiger partial charge in [-0.25, -0.2) is 9.18 Å². The maximum absolute atomic E-state index is 13.0. The molecule has 142 valence electrons. The van der Waals surface area contributed by atoms with E-state index in [2.05, 4.69) is 10.6 Å². The van der Waals surface area contributed by atoms with E-state index >= 15 is 0 Å². The predicted molar refractivity (Wildman–Crippen MR) is 90.8 cm³/mol. The molecule has 1 heterocycles. The smallest absolute Gasteiger partial charge is 0.333 e. The average molecular weight is 381 g/mol. The monoisotopic (exact) mass is 381 g/mol. The molecule has 0 bridgehead atoms. The molecule has 0 spiro atoms. The molecule has 1 fully saturated rings. The van der Waals surface area contributed by atoms with Gasteiger partial charge in [0.1, 0.15) is 5.82 Å². The van der Waals surface area contributed by atoms with Crippen molar-refractivity contribution in [2.75, 3.05) is 16.8 Å². The molecule has 27 heavy (non-hydrogen) atoms. The number of rotatable bonds is 3. The fourth-order valence-corrected chi connectivity index (χ4v) is 2.80. The number of benzene rings is 2. The minimum absolute atomic E-state index is 0.0120. The molecule has 2 aromatic carbocycles. The van der Waals surface area contributed by atoms with Crippen molar-refractivity contribution in [2.45, 2.75) is 18.6 Å². The van der Waals surface area contributed by atoms with Gasteiger partial charge in [0.2, 0.25) is 5.91 Å². The Balaban J connectivity index is 1.60. The van der Waals surface area contributed by atoms with Gasteiger partial charge < -0.3 is 15.5 Å². The number of alkyl halides is 3. The first-order valence-electron chi connectivity index (χ1n) is 8.03. The van der Waals surface area contributed by atoms with Crippen LogP contribution in [0.3, 0.4) is 0 Å². The zero-order valence-corrected chi connectivity index (χ0v) is 13.9. The van der Waals surface area contributed by atoms with Crippen LogP contribution in [0.25, 0.3) is 0 Å². The number of anilines is 2. The van der Waals surface area contributed by atoms with E-state index < -0.39 is 29.6 Å². The van der Waals surface area contributed by atoms with Gasteiger partial charge >= 0.3 is 12.2 Å². The van der Waals surface area contributed by atoms with Crippen LogP contribution in [0, 0.1) is 5.82 Å². The van der Waals surface area contributed by atoms with E-state index in [-0.39, 0.29) is 24.6 Å². The van der Waals surface area contributed by atoms with Crippen molar-refractivity contribution < 1.29 is 27.2 Å². The largest absolute Gasteiger partial charge is 0.416 e. The molecule has 5 nitrogen and oxygen atoms in total. The van der Waals surface area contributed by atoms with E-state index in [0.717, 1.165) is 12.1 Å². The van der Waals surface area contributed by atoms with Gasteiger partial charge in [-0.15, -0.1) is 0 Å². The van der Waals surface area contributed by atoms with Crippen molar-refractivity contribution in [3.8, 4) is 0 Å². The molecule has 0 unspecified atom stereocenters. The van der Waals surface area contributed by atoms with Crippen LogP contribution in [-0.4, -0.2) is 24.5 Å². The summed E-state index contributed by atoms with van der Waals surface area (Å²) in [5.74, 6) is -0.675. The summed E-state index contributed by atoms with van der Waals surface area (Å²) in [6.45, 7) is 0.181. The molecule has 2 aromatic rings. The standard InChI is InChI=1S/C18H15F4N3O2/c19-12-4-6-15(7-5-12)25-10-14(9-16(25)26)24-17(27)23-13-3-1-2-11(8-13)18(20,21)22/h1-8,14H,9-10H2,(H2,23,24,27)/t14-/m0/s1. The van der Waals surface area contributed by atoms with E-state index in [9.17, 15) is 27.2 Å². The number of carbonyl (C=O) groups excluding carboxylic acids is 2. The van der Waals surface area contributed by atoms with Crippen molar-refractivity contribution in [1.29, 1.82) is 0 Å². The first-order valence-corrected chi connectivity index (χ1v) is 8.03. The van der Waals surface area contributed by atoms with Crippen LogP contribution < -0.4 is 15.5 Å². The molecular formula is C18H15F4N3O2. The van der Waals surface area contributed by atoms with Crippen LogP contribution in [0.5, 0.6) is 0 Å². The molecule has 0 aliphatic carbocycles. The SMILES string of the molecule is O=C(Nc1cccc(C(F)(F)F)c1)N[C@H]1CC(=O)N(c2ccc(F)cc2)C1. The van der Waals surface area contributed by atoms with Crippen LogP contribution >= 0.6 is 0 Å². The summed E-state index contributed by atoms with van der Waals surface area (Å²) >= 11 is 0. The highest BCUT2D eigenvalue weighted by Crippen LogP contribution is 2.30. The molecule has 0 saturated carbocycles. The minimum Gasteiger partial charge on any atom is -0.333 e. The van der Waals surface area contributed by atoms with E-state index in [4.69, 9.17) is 0 Å².